The molecule has 0 atom stereocenters. The molecule has 1 aromatic carbocycles. The fourth-order valence-electron chi connectivity index (χ4n) is 2.94. The Hall–Kier alpha value is -2.64. The molecule has 0 radical (unpaired) electrons. The Bertz CT molecular complexity index is 896. The summed E-state index contributed by atoms with van der Waals surface area (Å²) in [7, 11) is 0. The molecule has 1 aliphatic rings. The minimum absolute atomic E-state index is 0.0245. The molecular weight excluding hydrogens is 312 g/mol. The molecule has 0 spiro atoms. The van der Waals surface area contributed by atoms with E-state index >= 15 is 0 Å². The second-order valence-electron chi connectivity index (χ2n) is 7.11. The summed E-state index contributed by atoms with van der Waals surface area (Å²) in [6.07, 6.45) is 0. The van der Waals surface area contributed by atoms with Gasteiger partial charge in [0.1, 0.15) is 11.3 Å². The fraction of sp³-hybridized carbons (Fsp3) is 0.333. The fourth-order valence-corrected chi connectivity index (χ4v) is 2.94. The van der Waals surface area contributed by atoms with E-state index in [1.807, 2.05) is 30.3 Å². The third kappa shape index (κ3) is 3.57. The number of hydrogen-bond acceptors (Lipinski definition) is 3. The maximum absolute atomic E-state index is 11.9. The maximum atomic E-state index is 11.9. The maximum Gasteiger partial charge on any atom is 0.251 e. The molecule has 4 heteroatoms. The molecule has 0 saturated heterocycles. The van der Waals surface area contributed by atoms with Crippen molar-refractivity contribution in [3.8, 4) is 23.0 Å². The smallest absolute Gasteiger partial charge is 0.251 e. The van der Waals surface area contributed by atoms with Gasteiger partial charge < -0.3 is 10.4 Å². The largest absolute Gasteiger partial charge is 0.378 e. The van der Waals surface area contributed by atoms with Crippen molar-refractivity contribution in [2.75, 3.05) is 0 Å². The van der Waals surface area contributed by atoms with Crippen molar-refractivity contribution in [1.82, 2.24) is 10.3 Å². The number of rotatable bonds is 2. The number of amides is 1. The first-order chi connectivity index (χ1) is 11.8. The van der Waals surface area contributed by atoms with Crippen LogP contribution < -0.4 is 5.32 Å². The van der Waals surface area contributed by atoms with E-state index in [1.165, 1.54) is 0 Å². The first-order valence-corrected chi connectivity index (χ1v) is 8.43. The van der Waals surface area contributed by atoms with Gasteiger partial charge in [0.25, 0.3) is 5.91 Å². The number of carbonyl (C=O) groups is 1. The highest BCUT2D eigenvalue weighted by molar-refractivity contribution is 6.00. The average molecular weight is 334 g/mol. The Morgan fingerprint density at radius 1 is 1.16 bits per heavy atom. The number of hydrogen-bond donors (Lipinski definition) is 2. The van der Waals surface area contributed by atoms with Crippen LogP contribution in [-0.4, -0.2) is 21.6 Å². The van der Waals surface area contributed by atoms with Crippen LogP contribution in [0.1, 0.15) is 60.9 Å². The summed E-state index contributed by atoms with van der Waals surface area (Å²) in [5.74, 6) is 5.92. The van der Waals surface area contributed by atoms with Gasteiger partial charge in [0.05, 0.1) is 5.69 Å². The number of nitrogens with zero attached hydrogens (tertiary/aromatic N) is 1. The zero-order chi connectivity index (χ0) is 18.2. The molecule has 0 fully saturated rings. The molecule has 1 aliphatic heterocycles. The van der Waals surface area contributed by atoms with Crippen molar-refractivity contribution in [3.05, 3.63) is 52.8 Å². The van der Waals surface area contributed by atoms with Gasteiger partial charge in [-0.1, -0.05) is 31.9 Å². The van der Waals surface area contributed by atoms with Crippen molar-refractivity contribution in [2.45, 2.75) is 45.8 Å². The van der Waals surface area contributed by atoms with Crippen molar-refractivity contribution in [2.24, 2.45) is 0 Å². The van der Waals surface area contributed by atoms with Crippen molar-refractivity contribution in [3.63, 3.8) is 0 Å². The predicted octanol–water partition coefficient (Wildman–Crippen LogP) is 3.24. The number of pyridine rings is 1. The van der Waals surface area contributed by atoms with E-state index in [2.05, 4.69) is 31.0 Å². The number of aliphatic hydroxyl groups is 1. The Labute approximate surface area is 148 Å². The molecule has 3 rings (SSSR count). The van der Waals surface area contributed by atoms with Crippen molar-refractivity contribution in [1.29, 1.82) is 0 Å². The number of nitrogens with one attached hydrogen (secondary N) is 1. The summed E-state index contributed by atoms with van der Waals surface area (Å²) in [6.45, 7) is 8.02. The highest BCUT2D eigenvalue weighted by Crippen LogP contribution is 2.33. The van der Waals surface area contributed by atoms with Crippen LogP contribution in [0, 0.1) is 11.8 Å². The van der Waals surface area contributed by atoms with Gasteiger partial charge in [0.15, 0.2) is 0 Å². The van der Waals surface area contributed by atoms with Gasteiger partial charge in [-0.05, 0) is 55.0 Å². The quantitative estimate of drug-likeness (QED) is 0.829. The van der Waals surface area contributed by atoms with Gasteiger partial charge in [-0.2, -0.15) is 0 Å². The van der Waals surface area contributed by atoms with Crippen molar-refractivity contribution < 1.29 is 9.90 Å². The molecule has 0 saturated carbocycles. The van der Waals surface area contributed by atoms with E-state index in [0.717, 1.165) is 27.9 Å². The molecule has 0 aliphatic carbocycles. The summed E-state index contributed by atoms with van der Waals surface area (Å²) in [4.78, 5) is 16.6. The van der Waals surface area contributed by atoms with Gasteiger partial charge >= 0.3 is 0 Å². The molecule has 128 valence electrons. The lowest BCUT2D eigenvalue weighted by Crippen LogP contribution is -2.14. The van der Waals surface area contributed by atoms with Crippen molar-refractivity contribution >= 4 is 5.91 Å². The van der Waals surface area contributed by atoms with E-state index in [-0.39, 0.29) is 11.8 Å². The zero-order valence-corrected chi connectivity index (χ0v) is 15.0. The molecule has 1 aromatic heterocycles. The summed E-state index contributed by atoms with van der Waals surface area (Å²) in [6, 6.07) is 9.67. The first-order valence-electron chi connectivity index (χ1n) is 8.43. The Balaban J connectivity index is 2.12. The van der Waals surface area contributed by atoms with Gasteiger partial charge in [-0.25, -0.2) is 4.98 Å². The standard InChI is InChI=1S/C21H22N2O2/c1-13(2)19-16(9-8-14(23-19)10-11-21(3,4)25)15-6-5-7-17-18(15)12-22-20(17)24/h5-9,13,25H,12H2,1-4H3,(H,22,24). The Morgan fingerprint density at radius 2 is 1.88 bits per heavy atom. The van der Waals surface area contributed by atoms with Gasteiger partial charge in [-0.3, -0.25) is 4.79 Å². The lowest BCUT2D eigenvalue weighted by molar-refractivity contribution is 0.0965. The normalized spacial score (nSPS) is 13.3. The highest BCUT2D eigenvalue weighted by atomic mass is 16.3. The van der Waals surface area contributed by atoms with Crippen LogP contribution in [-0.2, 0) is 6.54 Å². The van der Waals surface area contributed by atoms with Crippen LogP contribution >= 0.6 is 0 Å². The summed E-state index contributed by atoms with van der Waals surface area (Å²) in [5.41, 5.74) is 4.34. The SMILES string of the molecule is CC(C)c1nc(C#CC(C)(C)O)ccc1-c1cccc2c1CNC2=O. The van der Waals surface area contributed by atoms with Crippen LogP contribution in [0.2, 0.25) is 0 Å². The molecule has 1 amide bonds. The lowest BCUT2D eigenvalue weighted by Gasteiger charge is -2.15. The summed E-state index contributed by atoms with van der Waals surface area (Å²) < 4.78 is 0. The topological polar surface area (TPSA) is 62.2 Å². The Morgan fingerprint density at radius 3 is 2.56 bits per heavy atom. The number of aromatic nitrogens is 1. The number of benzene rings is 1. The molecule has 25 heavy (non-hydrogen) atoms. The molecule has 0 bridgehead atoms. The molecule has 2 aromatic rings. The van der Waals surface area contributed by atoms with Gasteiger partial charge in [-0.15, -0.1) is 0 Å². The summed E-state index contributed by atoms with van der Waals surface area (Å²) in [5, 5.41) is 12.7. The summed E-state index contributed by atoms with van der Waals surface area (Å²) >= 11 is 0. The van der Waals surface area contributed by atoms with E-state index in [9.17, 15) is 9.90 Å². The molecule has 0 unspecified atom stereocenters. The highest BCUT2D eigenvalue weighted by Gasteiger charge is 2.23. The van der Waals surface area contributed by atoms with Crippen LogP contribution in [0.5, 0.6) is 0 Å². The molecule has 2 heterocycles. The minimum atomic E-state index is -1.05. The molecule has 4 nitrogen and oxygen atoms in total. The molecule has 2 N–H and O–H groups in total. The first kappa shape index (κ1) is 17.2. The number of fused-ring (bicyclic) bond motifs is 1. The molecular formula is C21H22N2O2. The van der Waals surface area contributed by atoms with Crippen LogP contribution in [0.15, 0.2) is 30.3 Å². The Kier molecular flexibility index (Phi) is 4.36. The zero-order valence-electron chi connectivity index (χ0n) is 15.0. The third-order valence-corrected chi connectivity index (χ3v) is 4.10. The van der Waals surface area contributed by atoms with Gasteiger partial charge in [0.2, 0.25) is 0 Å². The second-order valence-corrected chi connectivity index (χ2v) is 7.11. The minimum Gasteiger partial charge on any atom is -0.378 e. The van der Waals surface area contributed by atoms with Crippen LogP contribution in [0.4, 0.5) is 0 Å². The second kappa shape index (κ2) is 6.34. The predicted molar refractivity (Wildman–Crippen MR) is 98.1 cm³/mol. The van der Waals surface area contributed by atoms with E-state index in [4.69, 9.17) is 4.98 Å². The van der Waals surface area contributed by atoms with E-state index in [0.29, 0.717) is 12.2 Å². The third-order valence-electron chi connectivity index (χ3n) is 4.10. The van der Waals surface area contributed by atoms with E-state index in [1.54, 1.807) is 13.8 Å². The lowest BCUT2D eigenvalue weighted by atomic mass is 9.92. The van der Waals surface area contributed by atoms with E-state index < -0.39 is 5.60 Å². The number of carbonyl (C=O) groups excluding carboxylic acids is 1. The van der Waals surface area contributed by atoms with Gasteiger partial charge in [0, 0.05) is 17.7 Å². The monoisotopic (exact) mass is 334 g/mol. The van der Waals surface area contributed by atoms with Crippen LogP contribution in [0.3, 0.4) is 0 Å². The average Bonchev–Trinajstić information content (AvgIpc) is 2.93. The van der Waals surface area contributed by atoms with Crippen LogP contribution in [0.25, 0.3) is 11.1 Å².